The number of likely N-dealkylation sites (tertiary alicyclic amines) is 1. The van der Waals surface area contributed by atoms with Gasteiger partial charge in [-0.3, -0.25) is 9.59 Å². The van der Waals surface area contributed by atoms with Gasteiger partial charge in [0.2, 0.25) is 11.8 Å². The number of aryl methyl sites for hydroxylation is 2. The standard InChI is InChI=1S/C17H24N8O2/c1-12-20-21-22-25(12)8-4-15(27)23-9-5-17(6-10-23)16-14(18-11-19-16)3-7-24(17)13(2)26/h11H,3-10H2,1-2H3,(H,18,19). The number of hydrogen-bond donors (Lipinski definition) is 1. The zero-order valence-electron chi connectivity index (χ0n) is 15.7. The lowest BCUT2D eigenvalue weighted by Crippen LogP contribution is -2.58. The Hall–Kier alpha value is -2.78. The number of H-pyrrole nitrogens is 1. The Labute approximate surface area is 156 Å². The Kier molecular flexibility index (Phi) is 4.40. The van der Waals surface area contributed by atoms with Crippen LogP contribution < -0.4 is 0 Å². The number of carbonyl (C=O) groups excluding carboxylic acids is 2. The molecule has 2 aliphatic heterocycles. The fourth-order valence-corrected chi connectivity index (χ4v) is 4.39. The van der Waals surface area contributed by atoms with Crippen LogP contribution in [0, 0.1) is 6.92 Å². The maximum atomic E-state index is 12.6. The van der Waals surface area contributed by atoms with Crippen LogP contribution >= 0.6 is 0 Å². The van der Waals surface area contributed by atoms with Crippen LogP contribution in [0.2, 0.25) is 0 Å². The molecule has 1 saturated heterocycles. The number of amides is 2. The number of aromatic amines is 1. The predicted molar refractivity (Wildman–Crippen MR) is 94.3 cm³/mol. The normalized spacial score (nSPS) is 18.6. The minimum absolute atomic E-state index is 0.0672. The molecule has 1 spiro atoms. The summed E-state index contributed by atoms with van der Waals surface area (Å²) in [5.41, 5.74) is 1.68. The van der Waals surface area contributed by atoms with Gasteiger partial charge in [0.1, 0.15) is 5.82 Å². The zero-order chi connectivity index (χ0) is 19.0. The summed E-state index contributed by atoms with van der Waals surface area (Å²) in [7, 11) is 0. The molecule has 4 heterocycles. The summed E-state index contributed by atoms with van der Waals surface area (Å²) in [5.74, 6) is 0.857. The maximum absolute atomic E-state index is 12.6. The SMILES string of the molecule is CC(=O)N1CCc2[nH]cnc2C12CCN(C(=O)CCn1nnnc1C)CC2. The molecule has 2 aromatic rings. The largest absolute Gasteiger partial charge is 0.348 e. The van der Waals surface area contributed by atoms with Crippen molar-refractivity contribution in [1.82, 2.24) is 40.0 Å². The number of tetrazole rings is 1. The van der Waals surface area contributed by atoms with Crippen LogP contribution in [0.25, 0.3) is 0 Å². The molecule has 4 rings (SSSR count). The van der Waals surface area contributed by atoms with Crippen LogP contribution in [0.1, 0.15) is 43.4 Å². The molecule has 2 amide bonds. The molecule has 0 saturated carbocycles. The second-order valence-electron chi connectivity index (χ2n) is 7.26. The van der Waals surface area contributed by atoms with E-state index in [0.29, 0.717) is 51.3 Å². The Balaban J connectivity index is 1.45. The van der Waals surface area contributed by atoms with Crippen molar-refractivity contribution in [3.05, 3.63) is 23.5 Å². The van der Waals surface area contributed by atoms with Crippen LogP contribution in [0.15, 0.2) is 6.33 Å². The zero-order valence-corrected chi connectivity index (χ0v) is 15.7. The van der Waals surface area contributed by atoms with Crippen LogP contribution in [0.4, 0.5) is 0 Å². The summed E-state index contributed by atoms with van der Waals surface area (Å²) >= 11 is 0. The van der Waals surface area contributed by atoms with Gasteiger partial charge in [0.05, 0.1) is 24.1 Å². The lowest BCUT2D eigenvalue weighted by molar-refractivity contribution is -0.142. The summed E-state index contributed by atoms with van der Waals surface area (Å²) in [6.45, 7) is 5.83. The van der Waals surface area contributed by atoms with E-state index in [1.807, 2.05) is 16.7 Å². The number of nitrogens with one attached hydrogen (secondary N) is 1. The van der Waals surface area contributed by atoms with Gasteiger partial charge in [0.25, 0.3) is 0 Å². The van der Waals surface area contributed by atoms with E-state index in [4.69, 9.17) is 0 Å². The lowest BCUT2D eigenvalue weighted by Gasteiger charge is -2.50. The number of hydrogen-bond acceptors (Lipinski definition) is 6. The van der Waals surface area contributed by atoms with Crippen LogP contribution in [0.5, 0.6) is 0 Å². The molecule has 2 aliphatic rings. The summed E-state index contributed by atoms with van der Waals surface area (Å²) in [5, 5.41) is 11.3. The highest BCUT2D eigenvalue weighted by atomic mass is 16.2. The number of aromatic nitrogens is 6. The molecule has 0 atom stereocenters. The number of piperidine rings is 1. The molecule has 0 radical (unpaired) electrons. The average Bonchev–Trinajstić information content (AvgIpc) is 3.30. The molecule has 27 heavy (non-hydrogen) atoms. The van der Waals surface area contributed by atoms with E-state index < -0.39 is 5.54 Å². The van der Waals surface area contributed by atoms with Crippen LogP contribution in [0.3, 0.4) is 0 Å². The molecule has 1 N–H and O–H groups in total. The van der Waals surface area contributed by atoms with E-state index in [1.165, 1.54) is 0 Å². The van der Waals surface area contributed by atoms with Gasteiger partial charge in [0.15, 0.2) is 0 Å². The third-order valence-corrected chi connectivity index (χ3v) is 5.83. The molecule has 10 nitrogen and oxygen atoms in total. The topological polar surface area (TPSA) is 113 Å². The van der Waals surface area contributed by atoms with Gasteiger partial charge in [-0.05, 0) is 30.2 Å². The van der Waals surface area contributed by atoms with Gasteiger partial charge in [-0.2, -0.15) is 0 Å². The van der Waals surface area contributed by atoms with E-state index in [9.17, 15) is 9.59 Å². The molecule has 2 aromatic heterocycles. The van der Waals surface area contributed by atoms with Gasteiger partial charge in [-0.25, -0.2) is 9.67 Å². The molecule has 0 unspecified atom stereocenters. The minimum Gasteiger partial charge on any atom is -0.348 e. The van der Waals surface area contributed by atoms with Crippen molar-refractivity contribution in [3.8, 4) is 0 Å². The molecule has 0 aliphatic carbocycles. The summed E-state index contributed by atoms with van der Waals surface area (Å²) in [4.78, 5) is 36.5. The number of carbonyl (C=O) groups is 2. The van der Waals surface area contributed by atoms with E-state index in [0.717, 1.165) is 17.8 Å². The second kappa shape index (κ2) is 6.75. The first-order chi connectivity index (χ1) is 13.0. The highest BCUT2D eigenvalue weighted by molar-refractivity contribution is 5.77. The summed E-state index contributed by atoms with van der Waals surface area (Å²) in [6, 6.07) is 0. The van der Waals surface area contributed by atoms with E-state index in [2.05, 4.69) is 25.5 Å². The van der Waals surface area contributed by atoms with Gasteiger partial charge < -0.3 is 14.8 Å². The van der Waals surface area contributed by atoms with Gasteiger partial charge in [-0.1, -0.05) is 0 Å². The maximum Gasteiger partial charge on any atom is 0.224 e. The first kappa shape index (κ1) is 17.6. The van der Waals surface area contributed by atoms with Crippen molar-refractivity contribution >= 4 is 11.8 Å². The number of nitrogens with zero attached hydrogens (tertiary/aromatic N) is 7. The number of fused-ring (bicyclic) bond motifs is 2. The van der Waals surface area contributed by atoms with Crippen molar-refractivity contribution in [2.45, 2.75) is 51.6 Å². The van der Waals surface area contributed by atoms with Crippen molar-refractivity contribution in [2.75, 3.05) is 19.6 Å². The lowest BCUT2D eigenvalue weighted by atomic mass is 9.78. The molecule has 144 valence electrons. The third kappa shape index (κ3) is 2.98. The Morgan fingerprint density at radius 3 is 2.70 bits per heavy atom. The molecule has 0 bridgehead atoms. The number of imidazole rings is 1. The Morgan fingerprint density at radius 1 is 1.26 bits per heavy atom. The molecular weight excluding hydrogens is 348 g/mol. The monoisotopic (exact) mass is 372 g/mol. The second-order valence-corrected chi connectivity index (χ2v) is 7.26. The Bertz CT molecular complexity index is 849. The van der Waals surface area contributed by atoms with E-state index in [-0.39, 0.29) is 11.8 Å². The van der Waals surface area contributed by atoms with Crippen molar-refractivity contribution in [2.24, 2.45) is 0 Å². The van der Waals surface area contributed by atoms with Gasteiger partial charge in [-0.15, -0.1) is 5.10 Å². The van der Waals surface area contributed by atoms with Crippen LogP contribution in [-0.2, 0) is 28.1 Å². The van der Waals surface area contributed by atoms with Crippen molar-refractivity contribution < 1.29 is 9.59 Å². The van der Waals surface area contributed by atoms with Crippen molar-refractivity contribution in [1.29, 1.82) is 0 Å². The predicted octanol–water partition coefficient (Wildman–Crippen LogP) is 0.0172. The first-order valence-electron chi connectivity index (χ1n) is 9.33. The third-order valence-electron chi connectivity index (χ3n) is 5.83. The van der Waals surface area contributed by atoms with Crippen molar-refractivity contribution in [3.63, 3.8) is 0 Å². The van der Waals surface area contributed by atoms with Gasteiger partial charge in [0, 0.05) is 45.1 Å². The van der Waals surface area contributed by atoms with E-state index >= 15 is 0 Å². The first-order valence-corrected chi connectivity index (χ1v) is 9.33. The molecule has 1 fully saturated rings. The summed E-state index contributed by atoms with van der Waals surface area (Å²) < 4.78 is 1.64. The average molecular weight is 372 g/mol. The smallest absolute Gasteiger partial charge is 0.224 e. The molecule has 0 aromatic carbocycles. The quantitative estimate of drug-likeness (QED) is 0.812. The van der Waals surface area contributed by atoms with E-state index in [1.54, 1.807) is 17.9 Å². The number of rotatable bonds is 3. The van der Waals surface area contributed by atoms with Crippen LogP contribution in [-0.4, -0.2) is 71.4 Å². The minimum atomic E-state index is -0.400. The Morgan fingerprint density at radius 2 is 2.04 bits per heavy atom. The molecule has 10 heteroatoms. The highest BCUT2D eigenvalue weighted by Crippen LogP contribution is 2.42. The fourth-order valence-electron chi connectivity index (χ4n) is 4.39. The highest BCUT2D eigenvalue weighted by Gasteiger charge is 2.48. The fraction of sp³-hybridized carbons (Fsp3) is 0.647. The molecular formula is C17H24N8O2. The van der Waals surface area contributed by atoms with Gasteiger partial charge >= 0.3 is 0 Å². The summed E-state index contributed by atoms with van der Waals surface area (Å²) in [6.07, 6.45) is 4.29.